The van der Waals surface area contributed by atoms with Gasteiger partial charge in [0.1, 0.15) is 6.04 Å². The first-order valence-electron chi connectivity index (χ1n) is 2.99. The Hall–Kier alpha value is -0.260. The number of nitrogens with two attached hydrogens (primary N) is 1. The minimum absolute atomic E-state index is 0.287. The lowest BCUT2D eigenvalue weighted by Gasteiger charge is -2.09. The van der Waals surface area contributed by atoms with Gasteiger partial charge in [-0.3, -0.25) is 4.79 Å². The smallest absolute Gasteiger partial charge is 0.321 e. The highest BCUT2D eigenvalue weighted by Gasteiger charge is 2.12. The fraction of sp³-hybridized carbons (Fsp3) is 0.800. The Bertz CT molecular complexity index is 110. The third-order valence-electron chi connectivity index (χ3n) is 1.02. The monoisotopic (exact) mass is 164 g/mol. The Morgan fingerprint density at radius 2 is 2.40 bits per heavy atom. The number of hydrogen-bond donors (Lipinski definition) is 4. The molecule has 1 unspecified atom stereocenters. The maximum atomic E-state index is 10.3. The molecule has 0 aromatic rings. The number of hydrogen-bond acceptors (Lipinski definition) is 4. The molecule has 0 amide bonds. The molecule has 0 aromatic heterocycles. The second-order valence-electron chi connectivity index (χ2n) is 1.82. The molecule has 0 heterocycles. The van der Waals surface area contributed by atoms with Gasteiger partial charge in [-0.2, -0.15) is 12.6 Å². The van der Waals surface area contributed by atoms with Crippen molar-refractivity contribution < 1.29 is 9.90 Å². The lowest BCUT2D eigenvalue weighted by molar-refractivity contribution is -0.138. The summed E-state index contributed by atoms with van der Waals surface area (Å²) in [6.07, 6.45) is 0. The summed E-state index contributed by atoms with van der Waals surface area (Å²) in [5.74, 6) is -0.599. The van der Waals surface area contributed by atoms with Crippen molar-refractivity contribution in [1.29, 1.82) is 0 Å². The minimum Gasteiger partial charge on any atom is -0.480 e. The van der Waals surface area contributed by atoms with Crippen molar-refractivity contribution in [1.82, 2.24) is 5.32 Å². The molecule has 60 valence electrons. The molecule has 10 heavy (non-hydrogen) atoms. The molecule has 0 aliphatic rings. The summed E-state index contributed by atoms with van der Waals surface area (Å²) in [5.41, 5.74) is 5.15. The zero-order valence-electron chi connectivity index (χ0n) is 5.58. The van der Waals surface area contributed by atoms with Gasteiger partial charge in [0, 0.05) is 18.8 Å². The van der Waals surface area contributed by atoms with Crippen LogP contribution >= 0.6 is 12.6 Å². The van der Waals surface area contributed by atoms with Crippen LogP contribution in [0.15, 0.2) is 0 Å². The van der Waals surface area contributed by atoms with Crippen LogP contribution in [-0.2, 0) is 4.79 Å². The van der Waals surface area contributed by atoms with Crippen LogP contribution in [0.2, 0.25) is 0 Å². The summed E-state index contributed by atoms with van der Waals surface area (Å²) in [6.45, 7) is 0.953. The van der Waals surface area contributed by atoms with Crippen molar-refractivity contribution in [3.05, 3.63) is 0 Å². The normalized spacial score (nSPS) is 13.0. The van der Waals surface area contributed by atoms with E-state index in [0.717, 1.165) is 0 Å². The van der Waals surface area contributed by atoms with Gasteiger partial charge in [-0.15, -0.1) is 0 Å². The number of carboxylic acid groups (broad SMARTS) is 1. The van der Waals surface area contributed by atoms with E-state index >= 15 is 0 Å². The highest BCUT2D eigenvalue weighted by Crippen LogP contribution is 1.86. The van der Waals surface area contributed by atoms with Crippen LogP contribution in [0.4, 0.5) is 0 Å². The second kappa shape index (κ2) is 5.52. The van der Waals surface area contributed by atoms with E-state index in [4.69, 9.17) is 10.8 Å². The van der Waals surface area contributed by atoms with Gasteiger partial charge in [0.05, 0.1) is 0 Å². The standard InChI is InChI=1S/C5H12N2O2S/c6-1-2-7-4(3-10)5(8)9/h4,7,10H,1-3,6H2,(H,8,9). The molecule has 0 radical (unpaired) electrons. The SMILES string of the molecule is NCCNC(CS)C(=O)O. The van der Waals surface area contributed by atoms with Crippen LogP contribution < -0.4 is 11.1 Å². The molecule has 0 fully saturated rings. The Balaban J connectivity index is 3.50. The highest BCUT2D eigenvalue weighted by atomic mass is 32.1. The zero-order chi connectivity index (χ0) is 7.98. The molecular weight excluding hydrogens is 152 g/mol. The summed E-state index contributed by atoms with van der Waals surface area (Å²) in [5, 5.41) is 11.2. The summed E-state index contributed by atoms with van der Waals surface area (Å²) in [7, 11) is 0. The Morgan fingerprint density at radius 1 is 1.80 bits per heavy atom. The van der Waals surface area contributed by atoms with Gasteiger partial charge in [0.15, 0.2) is 0 Å². The van der Waals surface area contributed by atoms with Crippen molar-refractivity contribution in [3.63, 3.8) is 0 Å². The van der Waals surface area contributed by atoms with Crippen molar-refractivity contribution >= 4 is 18.6 Å². The molecule has 5 heteroatoms. The van der Waals surface area contributed by atoms with Gasteiger partial charge in [-0.25, -0.2) is 0 Å². The molecule has 0 saturated heterocycles. The van der Waals surface area contributed by atoms with E-state index in [1.54, 1.807) is 0 Å². The van der Waals surface area contributed by atoms with Crippen molar-refractivity contribution in [2.45, 2.75) is 6.04 Å². The topological polar surface area (TPSA) is 75.3 Å². The maximum Gasteiger partial charge on any atom is 0.321 e. The summed E-state index contributed by atoms with van der Waals surface area (Å²) in [4.78, 5) is 10.3. The largest absolute Gasteiger partial charge is 0.480 e. The number of carboxylic acids is 1. The number of aliphatic carboxylic acids is 1. The van der Waals surface area contributed by atoms with Gasteiger partial charge < -0.3 is 16.2 Å². The molecule has 4 N–H and O–H groups in total. The van der Waals surface area contributed by atoms with E-state index in [9.17, 15) is 4.79 Å². The average Bonchev–Trinajstić information content (AvgIpc) is 1.89. The highest BCUT2D eigenvalue weighted by molar-refractivity contribution is 7.80. The lowest BCUT2D eigenvalue weighted by Crippen LogP contribution is -2.40. The zero-order valence-corrected chi connectivity index (χ0v) is 6.47. The first-order chi connectivity index (χ1) is 4.72. The first kappa shape index (κ1) is 9.74. The molecule has 0 spiro atoms. The number of thiol groups is 1. The minimum atomic E-state index is -0.886. The van der Waals surface area contributed by atoms with Crippen molar-refractivity contribution in [2.24, 2.45) is 5.73 Å². The number of rotatable bonds is 5. The second-order valence-corrected chi connectivity index (χ2v) is 2.18. The fourth-order valence-electron chi connectivity index (χ4n) is 0.488. The predicted octanol–water partition coefficient (Wildman–Crippen LogP) is -1.08. The fourth-order valence-corrected chi connectivity index (χ4v) is 0.773. The van der Waals surface area contributed by atoms with Crippen LogP contribution in [0.1, 0.15) is 0 Å². The summed E-state index contributed by atoms with van der Waals surface area (Å²) < 4.78 is 0. The van der Waals surface area contributed by atoms with E-state index < -0.39 is 12.0 Å². The van der Waals surface area contributed by atoms with Crippen LogP contribution in [0.3, 0.4) is 0 Å². The maximum absolute atomic E-state index is 10.3. The van der Waals surface area contributed by atoms with Crippen LogP contribution in [0.25, 0.3) is 0 Å². The summed E-state index contributed by atoms with van der Waals surface area (Å²) in [6, 6.07) is -0.577. The van der Waals surface area contributed by atoms with Crippen molar-refractivity contribution in [2.75, 3.05) is 18.8 Å². The van der Waals surface area contributed by atoms with E-state index in [2.05, 4.69) is 17.9 Å². The van der Waals surface area contributed by atoms with Gasteiger partial charge in [-0.05, 0) is 0 Å². The van der Waals surface area contributed by atoms with Crippen LogP contribution in [-0.4, -0.2) is 36.0 Å². The molecule has 0 saturated carbocycles. The molecule has 1 atom stereocenters. The van der Waals surface area contributed by atoms with Gasteiger partial charge in [-0.1, -0.05) is 0 Å². The third kappa shape index (κ3) is 3.71. The van der Waals surface area contributed by atoms with E-state index in [1.807, 2.05) is 0 Å². The van der Waals surface area contributed by atoms with Gasteiger partial charge in [0.2, 0.25) is 0 Å². The molecule has 0 aliphatic carbocycles. The van der Waals surface area contributed by atoms with Crippen LogP contribution in [0, 0.1) is 0 Å². The summed E-state index contributed by atoms with van der Waals surface area (Å²) >= 11 is 3.84. The Kier molecular flexibility index (Phi) is 5.38. The van der Waals surface area contributed by atoms with Crippen molar-refractivity contribution in [3.8, 4) is 0 Å². The average molecular weight is 164 g/mol. The molecular formula is C5H12N2O2S. The molecule has 0 aliphatic heterocycles. The quantitative estimate of drug-likeness (QED) is 0.390. The predicted molar refractivity (Wildman–Crippen MR) is 42.3 cm³/mol. The lowest BCUT2D eigenvalue weighted by atomic mass is 10.3. The van der Waals surface area contributed by atoms with E-state index in [-0.39, 0.29) is 5.75 Å². The molecule has 0 rings (SSSR count). The van der Waals surface area contributed by atoms with Gasteiger partial charge >= 0.3 is 5.97 Å². The molecule has 0 aromatic carbocycles. The van der Waals surface area contributed by atoms with Gasteiger partial charge in [0.25, 0.3) is 0 Å². The van der Waals surface area contributed by atoms with Crippen LogP contribution in [0.5, 0.6) is 0 Å². The molecule has 4 nitrogen and oxygen atoms in total. The van der Waals surface area contributed by atoms with E-state index in [1.165, 1.54) is 0 Å². The third-order valence-corrected chi connectivity index (χ3v) is 1.38. The molecule has 0 bridgehead atoms. The Morgan fingerprint density at radius 3 is 2.70 bits per heavy atom. The Labute approximate surface area is 65.2 Å². The van der Waals surface area contributed by atoms with E-state index in [0.29, 0.717) is 13.1 Å². The number of nitrogens with one attached hydrogen (secondary N) is 1. The number of carbonyl (C=O) groups is 1. The first-order valence-corrected chi connectivity index (χ1v) is 3.62.